The summed E-state index contributed by atoms with van der Waals surface area (Å²) in [5, 5.41) is 2.92. The van der Waals surface area contributed by atoms with E-state index in [1.165, 1.54) is 6.92 Å². The summed E-state index contributed by atoms with van der Waals surface area (Å²) in [5.74, 6) is -0.262. The number of Topliss-reactive ketones (excluding diaryl/α,β-unsaturated/α-hetero) is 1. The molecule has 0 bridgehead atoms. The van der Waals surface area contributed by atoms with Gasteiger partial charge < -0.3 is 15.0 Å². The van der Waals surface area contributed by atoms with E-state index in [0.29, 0.717) is 36.6 Å². The number of benzene rings is 2. The molecule has 150 valence electrons. The van der Waals surface area contributed by atoms with Gasteiger partial charge in [-0.25, -0.2) is 0 Å². The maximum Gasteiger partial charge on any atom is 0.268 e. The molecule has 0 aliphatic rings. The molecule has 1 aromatic heterocycles. The summed E-state index contributed by atoms with van der Waals surface area (Å²) in [7, 11) is 0. The number of hydrogen-bond donors (Lipinski definition) is 2. The number of ketones is 1. The molecular weight excluding hydrogens is 364 g/mol. The Morgan fingerprint density at radius 1 is 0.931 bits per heavy atom. The largest absolute Gasteiger partial charge is 0.372 e. The Morgan fingerprint density at radius 2 is 1.59 bits per heavy atom. The molecule has 0 aliphatic carbocycles. The molecule has 5 nitrogen and oxygen atoms in total. The van der Waals surface area contributed by atoms with Crippen LogP contribution in [0.4, 0.5) is 0 Å². The molecule has 1 heterocycles. The van der Waals surface area contributed by atoms with Crippen molar-refractivity contribution in [2.45, 2.75) is 40.5 Å². The van der Waals surface area contributed by atoms with Crippen molar-refractivity contribution in [1.82, 2.24) is 10.3 Å². The predicted molar refractivity (Wildman–Crippen MR) is 113 cm³/mol. The minimum Gasteiger partial charge on any atom is -0.372 e. The standard InChI is InChI=1S/C24H26N2O3/c1-16-22(18(3)27)17(2)26-23(16)24(28)25-13-20-10-7-11-21(12-20)15-29-14-19-8-5-4-6-9-19/h4-12,26H,13-15H2,1-3H3,(H,25,28). The summed E-state index contributed by atoms with van der Waals surface area (Å²) >= 11 is 0. The van der Waals surface area contributed by atoms with Gasteiger partial charge >= 0.3 is 0 Å². The highest BCUT2D eigenvalue weighted by Crippen LogP contribution is 2.18. The first-order chi connectivity index (χ1) is 14.0. The molecule has 2 N–H and O–H groups in total. The SMILES string of the molecule is CC(=O)c1c(C)[nH]c(C(=O)NCc2cccc(COCc3ccccc3)c2)c1C. The average Bonchev–Trinajstić information content (AvgIpc) is 3.01. The van der Waals surface area contributed by atoms with Gasteiger partial charge in [-0.15, -0.1) is 0 Å². The summed E-state index contributed by atoms with van der Waals surface area (Å²) < 4.78 is 5.79. The number of aromatic amines is 1. The van der Waals surface area contributed by atoms with E-state index in [4.69, 9.17) is 4.74 Å². The number of ether oxygens (including phenoxy) is 1. The van der Waals surface area contributed by atoms with Crippen LogP contribution in [0.25, 0.3) is 0 Å². The zero-order valence-electron chi connectivity index (χ0n) is 17.0. The maximum absolute atomic E-state index is 12.6. The van der Waals surface area contributed by atoms with Gasteiger partial charge in [-0.1, -0.05) is 54.6 Å². The third kappa shape index (κ3) is 5.21. The Morgan fingerprint density at radius 3 is 2.28 bits per heavy atom. The summed E-state index contributed by atoms with van der Waals surface area (Å²) in [4.78, 5) is 27.3. The fourth-order valence-electron chi connectivity index (χ4n) is 3.47. The van der Waals surface area contributed by atoms with Crippen molar-refractivity contribution in [3.05, 3.63) is 93.8 Å². The van der Waals surface area contributed by atoms with Crippen LogP contribution in [0.1, 0.15) is 55.7 Å². The Kier molecular flexibility index (Phi) is 6.62. The minimum atomic E-state index is -0.219. The fourth-order valence-corrected chi connectivity index (χ4v) is 3.47. The molecule has 0 unspecified atom stereocenters. The van der Waals surface area contributed by atoms with Gasteiger partial charge in [-0.3, -0.25) is 9.59 Å². The second-order valence-corrected chi connectivity index (χ2v) is 7.16. The summed E-state index contributed by atoms with van der Waals surface area (Å²) in [6, 6.07) is 18.0. The molecule has 3 rings (SSSR count). The van der Waals surface area contributed by atoms with E-state index in [2.05, 4.69) is 10.3 Å². The first kappa shape index (κ1) is 20.6. The lowest BCUT2D eigenvalue weighted by Gasteiger charge is -2.08. The number of H-pyrrole nitrogens is 1. The van der Waals surface area contributed by atoms with E-state index >= 15 is 0 Å². The van der Waals surface area contributed by atoms with Crippen LogP contribution in [0.3, 0.4) is 0 Å². The van der Waals surface area contributed by atoms with Gasteiger partial charge in [0.25, 0.3) is 5.91 Å². The van der Waals surface area contributed by atoms with Gasteiger partial charge in [-0.05, 0) is 43.0 Å². The van der Waals surface area contributed by atoms with Crippen LogP contribution in [0.15, 0.2) is 54.6 Å². The minimum absolute atomic E-state index is 0.0431. The molecule has 2 aromatic carbocycles. The van der Waals surface area contributed by atoms with Crippen LogP contribution in [0.5, 0.6) is 0 Å². The van der Waals surface area contributed by atoms with E-state index in [0.717, 1.165) is 22.4 Å². The van der Waals surface area contributed by atoms with Crippen LogP contribution >= 0.6 is 0 Å². The lowest BCUT2D eigenvalue weighted by molar-refractivity contribution is 0.0945. The van der Waals surface area contributed by atoms with E-state index < -0.39 is 0 Å². The number of aromatic nitrogens is 1. The van der Waals surface area contributed by atoms with Crippen molar-refractivity contribution in [2.24, 2.45) is 0 Å². The maximum atomic E-state index is 12.6. The Bertz CT molecular complexity index is 1010. The fraction of sp³-hybridized carbons (Fsp3) is 0.250. The molecule has 0 spiro atoms. The van der Waals surface area contributed by atoms with Crippen molar-refractivity contribution in [3.8, 4) is 0 Å². The van der Waals surface area contributed by atoms with Crippen molar-refractivity contribution in [1.29, 1.82) is 0 Å². The van der Waals surface area contributed by atoms with Crippen LogP contribution in [-0.4, -0.2) is 16.7 Å². The van der Waals surface area contributed by atoms with E-state index in [-0.39, 0.29) is 11.7 Å². The van der Waals surface area contributed by atoms with Crippen LogP contribution in [0.2, 0.25) is 0 Å². The monoisotopic (exact) mass is 390 g/mol. The highest BCUT2D eigenvalue weighted by molar-refractivity contribution is 6.02. The number of nitrogens with one attached hydrogen (secondary N) is 2. The van der Waals surface area contributed by atoms with E-state index in [1.54, 1.807) is 13.8 Å². The summed E-state index contributed by atoms with van der Waals surface area (Å²) in [6.45, 7) is 6.58. The Hall–Kier alpha value is -3.18. The molecule has 0 radical (unpaired) electrons. The summed E-state index contributed by atoms with van der Waals surface area (Å²) in [5.41, 5.74) is 5.62. The van der Waals surface area contributed by atoms with Crippen molar-refractivity contribution in [2.75, 3.05) is 0 Å². The lowest BCUT2D eigenvalue weighted by Crippen LogP contribution is -2.24. The molecule has 29 heavy (non-hydrogen) atoms. The third-order valence-electron chi connectivity index (χ3n) is 4.84. The number of amides is 1. The number of rotatable bonds is 8. The number of carbonyl (C=O) groups excluding carboxylic acids is 2. The Labute approximate surface area is 171 Å². The van der Waals surface area contributed by atoms with Crippen molar-refractivity contribution < 1.29 is 14.3 Å². The smallest absolute Gasteiger partial charge is 0.268 e. The first-order valence-electron chi connectivity index (χ1n) is 9.63. The number of carbonyl (C=O) groups is 2. The topological polar surface area (TPSA) is 71.2 Å². The molecule has 0 saturated heterocycles. The average molecular weight is 390 g/mol. The molecule has 3 aromatic rings. The first-order valence-corrected chi connectivity index (χ1v) is 9.63. The third-order valence-corrected chi connectivity index (χ3v) is 4.84. The van der Waals surface area contributed by atoms with Gasteiger partial charge in [0.2, 0.25) is 0 Å². The van der Waals surface area contributed by atoms with E-state index in [1.807, 2.05) is 54.6 Å². The second-order valence-electron chi connectivity index (χ2n) is 7.16. The number of hydrogen-bond acceptors (Lipinski definition) is 3. The van der Waals surface area contributed by atoms with Crippen LogP contribution < -0.4 is 5.32 Å². The van der Waals surface area contributed by atoms with E-state index in [9.17, 15) is 9.59 Å². The molecule has 0 saturated carbocycles. The number of aryl methyl sites for hydroxylation is 1. The molecule has 0 aliphatic heterocycles. The zero-order valence-corrected chi connectivity index (χ0v) is 17.0. The second kappa shape index (κ2) is 9.34. The highest BCUT2D eigenvalue weighted by atomic mass is 16.5. The van der Waals surface area contributed by atoms with Crippen molar-refractivity contribution in [3.63, 3.8) is 0 Å². The van der Waals surface area contributed by atoms with Crippen molar-refractivity contribution >= 4 is 11.7 Å². The molecule has 5 heteroatoms. The van der Waals surface area contributed by atoms with Gasteiger partial charge in [-0.2, -0.15) is 0 Å². The van der Waals surface area contributed by atoms with Gasteiger partial charge in [0.15, 0.2) is 5.78 Å². The normalized spacial score (nSPS) is 10.7. The Balaban J connectivity index is 1.57. The molecule has 1 amide bonds. The highest BCUT2D eigenvalue weighted by Gasteiger charge is 2.19. The predicted octanol–water partition coefficient (Wildman–Crippen LogP) is 4.48. The molecular formula is C24H26N2O3. The zero-order chi connectivity index (χ0) is 20.8. The van der Waals surface area contributed by atoms with Gasteiger partial charge in [0.1, 0.15) is 5.69 Å². The lowest BCUT2D eigenvalue weighted by atomic mass is 10.1. The van der Waals surface area contributed by atoms with Gasteiger partial charge in [0.05, 0.1) is 13.2 Å². The summed E-state index contributed by atoms with van der Waals surface area (Å²) in [6.07, 6.45) is 0. The van der Waals surface area contributed by atoms with Crippen LogP contribution in [0, 0.1) is 13.8 Å². The molecule has 0 fully saturated rings. The van der Waals surface area contributed by atoms with Crippen LogP contribution in [-0.2, 0) is 24.5 Å². The quantitative estimate of drug-likeness (QED) is 0.557. The molecule has 0 atom stereocenters. The van der Waals surface area contributed by atoms with Gasteiger partial charge in [0, 0.05) is 17.8 Å².